The number of hydrogen-bond acceptors (Lipinski definition) is 8. The number of fused-ring (bicyclic) bond motifs is 2. The molecule has 6 aromatic rings. The number of rotatable bonds is 6. The Morgan fingerprint density at radius 1 is 0.592 bits per heavy atom. The van der Waals surface area contributed by atoms with Crippen LogP contribution in [0.25, 0.3) is 0 Å². The first-order valence-electron chi connectivity index (χ1n) is 15.5. The molecule has 2 unspecified atom stereocenters. The summed E-state index contributed by atoms with van der Waals surface area (Å²) in [5.74, 6) is -0.312. The molecule has 2 aliphatic rings. The maximum absolute atomic E-state index is 14.5. The third-order valence-corrected chi connectivity index (χ3v) is 10.0. The van der Waals surface area contributed by atoms with E-state index >= 15 is 0 Å². The van der Waals surface area contributed by atoms with E-state index in [0.717, 1.165) is 50.5 Å². The highest BCUT2D eigenvalue weighted by molar-refractivity contribution is 9.11. The molecular formula is C34H29Br3F2N10. The monoisotopic (exact) mass is 852 g/mol. The van der Waals surface area contributed by atoms with Crippen LogP contribution in [0.1, 0.15) is 46.0 Å². The quantitative estimate of drug-likeness (QED) is 0.175. The topological polar surface area (TPSA) is 93.7 Å². The smallest absolute Gasteiger partial charge is 0.173 e. The molecule has 2 atom stereocenters. The minimum Gasteiger partial charge on any atom is -0.284 e. The van der Waals surface area contributed by atoms with Crippen LogP contribution in [0.4, 0.5) is 8.78 Å². The van der Waals surface area contributed by atoms with E-state index in [1.54, 1.807) is 10.7 Å². The average molecular weight is 855 g/mol. The zero-order valence-electron chi connectivity index (χ0n) is 25.9. The van der Waals surface area contributed by atoms with E-state index in [0.29, 0.717) is 25.5 Å². The van der Waals surface area contributed by atoms with Gasteiger partial charge in [-0.05, 0) is 80.0 Å². The molecule has 250 valence electrons. The molecule has 0 radical (unpaired) electrons. The van der Waals surface area contributed by atoms with Gasteiger partial charge in [-0.2, -0.15) is 0 Å². The van der Waals surface area contributed by atoms with Gasteiger partial charge in [0.15, 0.2) is 23.3 Å². The van der Waals surface area contributed by atoms with Crippen molar-refractivity contribution in [1.82, 2.24) is 50.2 Å². The zero-order valence-corrected chi connectivity index (χ0v) is 30.7. The molecule has 8 rings (SSSR count). The standard InChI is InChI=1S/C17H15Br2N5.C17H14BrF2N5/c18-14-5-1-3-12(9-14)11-23-7-8-24-17(20-21-22-24)16(23)13-4-2-6-15(19)10-13;18-12-4-1-3-11(9-12)10-24-7-8-25-17(21-22-23-25)16(24)13-5-2-6-14(19)15(13)20/h1-6,9-10,16H,7-8,11H2;1-6,9,16H,7-8,10H2. The summed E-state index contributed by atoms with van der Waals surface area (Å²) in [5.41, 5.74) is 3.77. The first kappa shape index (κ1) is 33.7. The Labute approximate surface area is 306 Å². The molecule has 2 aromatic heterocycles. The summed E-state index contributed by atoms with van der Waals surface area (Å²) in [6.45, 7) is 4.37. The first-order valence-corrected chi connectivity index (χ1v) is 17.9. The third kappa shape index (κ3) is 7.55. The van der Waals surface area contributed by atoms with Crippen LogP contribution in [0.3, 0.4) is 0 Å². The van der Waals surface area contributed by atoms with Gasteiger partial charge in [0.2, 0.25) is 0 Å². The first-order chi connectivity index (χ1) is 23.8. The Bertz CT molecular complexity index is 2070. The highest BCUT2D eigenvalue weighted by atomic mass is 79.9. The summed E-state index contributed by atoms with van der Waals surface area (Å²) in [6, 6.07) is 28.4. The lowest BCUT2D eigenvalue weighted by molar-refractivity contribution is 0.160. The largest absolute Gasteiger partial charge is 0.284 e. The Morgan fingerprint density at radius 3 is 1.67 bits per heavy atom. The maximum Gasteiger partial charge on any atom is 0.173 e. The van der Waals surface area contributed by atoms with E-state index in [1.165, 1.54) is 17.2 Å². The lowest BCUT2D eigenvalue weighted by Crippen LogP contribution is -2.39. The van der Waals surface area contributed by atoms with Crippen molar-refractivity contribution in [2.75, 3.05) is 13.1 Å². The Morgan fingerprint density at radius 2 is 1.10 bits per heavy atom. The third-order valence-electron chi connectivity index (χ3n) is 8.53. The number of aromatic nitrogens is 8. The van der Waals surface area contributed by atoms with Gasteiger partial charge in [0.25, 0.3) is 0 Å². The summed E-state index contributed by atoms with van der Waals surface area (Å²) >= 11 is 10.6. The van der Waals surface area contributed by atoms with Gasteiger partial charge < -0.3 is 0 Å². The fourth-order valence-electron chi connectivity index (χ4n) is 6.35. The minimum atomic E-state index is -0.871. The predicted octanol–water partition coefficient (Wildman–Crippen LogP) is 7.12. The Kier molecular flexibility index (Phi) is 10.3. The van der Waals surface area contributed by atoms with Crippen LogP contribution in [0.2, 0.25) is 0 Å². The van der Waals surface area contributed by atoms with E-state index < -0.39 is 17.7 Å². The van der Waals surface area contributed by atoms with Gasteiger partial charge in [-0.15, -0.1) is 10.2 Å². The van der Waals surface area contributed by atoms with Crippen LogP contribution in [0, 0.1) is 11.6 Å². The van der Waals surface area contributed by atoms with Crippen molar-refractivity contribution in [3.63, 3.8) is 0 Å². The number of hydrogen-bond donors (Lipinski definition) is 0. The Hall–Kier alpha value is -3.76. The lowest BCUT2D eigenvalue weighted by atomic mass is 10.0. The maximum atomic E-state index is 14.5. The van der Waals surface area contributed by atoms with Crippen molar-refractivity contribution < 1.29 is 8.78 Å². The summed E-state index contributed by atoms with van der Waals surface area (Å²) in [5, 5.41) is 24.0. The fourth-order valence-corrected chi connectivity index (χ4v) is 7.66. The molecule has 10 nitrogen and oxygen atoms in total. The number of benzene rings is 4. The highest BCUT2D eigenvalue weighted by Crippen LogP contribution is 2.35. The van der Waals surface area contributed by atoms with E-state index in [1.807, 2.05) is 41.1 Å². The van der Waals surface area contributed by atoms with Crippen molar-refractivity contribution in [2.24, 2.45) is 0 Å². The molecule has 0 N–H and O–H groups in total. The van der Waals surface area contributed by atoms with E-state index in [2.05, 4.69) is 125 Å². The van der Waals surface area contributed by atoms with E-state index in [4.69, 9.17) is 0 Å². The molecule has 0 spiro atoms. The summed E-state index contributed by atoms with van der Waals surface area (Å²) in [7, 11) is 0. The molecule has 15 heteroatoms. The average Bonchev–Trinajstić information content (AvgIpc) is 3.77. The molecular weight excluding hydrogens is 826 g/mol. The fraction of sp³-hybridized carbons (Fsp3) is 0.235. The van der Waals surface area contributed by atoms with Crippen LogP contribution in [0.5, 0.6) is 0 Å². The molecule has 0 fully saturated rings. The molecule has 2 aliphatic heterocycles. The number of halogens is 5. The second-order valence-electron chi connectivity index (χ2n) is 11.7. The van der Waals surface area contributed by atoms with Crippen LogP contribution < -0.4 is 0 Å². The molecule has 49 heavy (non-hydrogen) atoms. The number of nitrogens with zero attached hydrogens (tertiary/aromatic N) is 10. The van der Waals surface area contributed by atoms with Crippen molar-refractivity contribution in [2.45, 2.75) is 38.3 Å². The SMILES string of the molecule is Brc1cccc(CN2CCn3nnnc3C2c2cccc(Br)c2)c1.Fc1cccc(C2c3nnnn3CCN2Cc2cccc(Br)c2)c1F. The normalized spacial score (nSPS) is 17.6. The van der Waals surface area contributed by atoms with Crippen LogP contribution >= 0.6 is 47.8 Å². The molecule has 0 saturated carbocycles. The summed E-state index contributed by atoms with van der Waals surface area (Å²) < 4.78 is 34.9. The lowest BCUT2D eigenvalue weighted by Gasteiger charge is -2.35. The zero-order chi connectivity index (χ0) is 33.9. The molecule has 0 saturated heterocycles. The van der Waals surface area contributed by atoms with Gasteiger partial charge in [-0.1, -0.05) is 96.3 Å². The van der Waals surface area contributed by atoms with Gasteiger partial charge in [-0.25, -0.2) is 18.1 Å². The minimum absolute atomic E-state index is 0.0465. The van der Waals surface area contributed by atoms with E-state index in [-0.39, 0.29) is 11.6 Å². The summed E-state index contributed by atoms with van der Waals surface area (Å²) in [6.07, 6.45) is 0. The van der Waals surface area contributed by atoms with Crippen molar-refractivity contribution in [1.29, 1.82) is 0 Å². The molecule has 4 heterocycles. The highest BCUT2D eigenvalue weighted by Gasteiger charge is 2.35. The van der Waals surface area contributed by atoms with Gasteiger partial charge in [0.1, 0.15) is 6.04 Å². The Balaban J connectivity index is 0.000000154. The van der Waals surface area contributed by atoms with Crippen molar-refractivity contribution >= 4 is 47.8 Å². The predicted molar refractivity (Wildman–Crippen MR) is 189 cm³/mol. The number of tetrazole rings is 2. The van der Waals surface area contributed by atoms with Gasteiger partial charge in [-0.3, -0.25) is 9.80 Å². The van der Waals surface area contributed by atoms with Crippen molar-refractivity contribution in [3.8, 4) is 0 Å². The summed E-state index contributed by atoms with van der Waals surface area (Å²) in [4.78, 5) is 4.49. The van der Waals surface area contributed by atoms with Crippen LogP contribution in [-0.2, 0) is 26.2 Å². The van der Waals surface area contributed by atoms with Gasteiger partial charge in [0, 0.05) is 45.2 Å². The molecule has 0 aliphatic carbocycles. The molecule has 0 bridgehead atoms. The van der Waals surface area contributed by atoms with Crippen LogP contribution in [-0.4, -0.2) is 63.3 Å². The van der Waals surface area contributed by atoms with E-state index in [9.17, 15) is 8.78 Å². The van der Waals surface area contributed by atoms with Crippen LogP contribution in [0.15, 0.2) is 104 Å². The van der Waals surface area contributed by atoms with Gasteiger partial charge in [0.05, 0.1) is 19.1 Å². The van der Waals surface area contributed by atoms with Crippen molar-refractivity contribution in [3.05, 3.63) is 150 Å². The molecule has 0 amide bonds. The van der Waals surface area contributed by atoms with Gasteiger partial charge >= 0.3 is 0 Å². The second kappa shape index (κ2) is 15.0. The second-order valence-corrected chi connectivity index (χ2v) is 14.5. The molecule has 4 aromatic carbocycles.